The van der Waals surface area contributed by atoms with Gasteiger partial charge in [-0.3, -0.25) is 14.4 Å². The van der Waals surface area contributed by atoms with Crippen LogP contribution < -0.4 is 10.6 Å². The van der Waals surface area contributed by atoms with Crippen molar-refractivity contribution in [2.24, 2.45) is 0 Å². The summed E-state index contributed by atoms with van der Waals surface area (Å²) in [4.78, 5) is 35.8. The van der Waals surface area contributed by atoms with Gasteiger partial charge in [0.2, 0.25) is 5.91 Å². The van der Waals surface area contributed by atoms with E-state index in [1.807, 2.05) is 0 Å². The van der Waals surface area contributed by atoms with Gasteiger partial charge in [-0.15, -0.1) is 0 Å². The van der Waals surface area contributed by atoms with Gasteiger partial charge in [0.15, 0.2) is 0 Å². The summed E-state index contributed by atoms with van der Waals surface area (Å²) in [5.41, 5.74) is 1.10. The number of nitrogens with one attached hydrogen (secondary N) is 2. The Balaban J connectivity index is 2.17. The highest BCUT2D eigenvalue weighted by Gasteiger charge is 2.25. The summed E-state index contributed by atoms with van der Waals surface area (Å²) in [6, 6.07) is 12.6. The molecule has 0 aliphatic carbocycles. The highest BCUT2D eigenvalue weighted by atomic mass is 16.5. The molecule has 0 saturated heterocycles. The van der Waals surface area contributed by atoms with Crippen LogP contribution in [0.1, 0.15) is 22.8 Å². The molecule has 26 heavy (non-hydrogen) atoms. The molecule has 0 radical (unpaired) electrons. The van der Waals surface area contributed by atoms with Gasteiger partial charge in [0.05, 0.1) is 0 Å². The number of phenolic OH excluding ortho intramolecular Hbond substituents is 1. The number of aliphatic carboxylic acids is 1. The monoisotopic (exact) mass is 357 g/mol. The lowest BCUT2D eigenvalue weighted by Gasteiger charge is -2.20. The molecule has 2 amide bonds. The van der Waals surface area contributed by atoms with Crippen molar-refractivity contribution < 1.29 is 24.6 Å². The van der Waals surface area contributed by atoms with Gasteiger partial charge >= 0.3 is 5.97 Å². The van der Waals surface area contributed by atoms with Crippen LogP contribution in [0.5, 0.6) is 5.75 Å². The number of carboxylic acid groups (broad SMARTS) is 1. The number of aromatic hydroxyl groups is 1. The Hall–Kier alpha value is -3.35. The van der Waals surface area contributed by atoms with Crippen molar-refractivity contribution in [3.63, 3.8) is 0 Å². The average Bonchev–Trinajstić information content (AvgIpc) is 2.63. The molecule has 0 spiro atoms. The van der Waals surface area contributed by atoms with Crippen LogP contribution in [-0.2, 0) is 16.0 Å². The number of benzene rings is 2. The van der Waals surface area contributed by atoms with Gasteiger partial charge in [-0.1, -0.05) is 30.3 Å². The van der Waals surface area contributed by atoms with E-state index >= 15 is 0 Å². The molecule has 2 rings (SSSR count). The first-order chi connectivity index (χ1) is 12.4. The smallest absolute Gasteiger partial charge is 0.325 e. The molecule has 7 nitrogen and oxygen atoms in total. The molecular formula is C19H20N2O5. The van der Waals surface area contributed by atoms with Gasteiger partial charge in [-0.2, -0.15) is 0 Å². The fourth-order valence-electron chi connectivity index (χ4n) is 2.28. The molecule has 0 fully saturated rings. The van der Waals surface area contributed by atoms with E-state index in [2.05, 4.69) is 10.6 Å². The molecule has 0 saturated carbocycles. The molecular weight excluding hydrogens is 337 g/mol. The summed E-state index contributed by atoms with van der Waals surface area (Å²) >= 11 is 0. The summed E-state index contributed by atoms with van der Waals surface area (Å²) in [5.74, 6) is -2.12. The number of rotatable bonds is 7. The summed E-state index contributed by atoms with van der Waals surface area (Å²) in [5, 5.41) is 23.3. The normalized spacial score (nSPS) is 12.7. The third kappa shape index (κ3) is 5.34. The third-order valence-electron chi connectivity index (χ3n) is 3.76. The molecule has 2 aromatic rings. The first kappa shape index (κ1) is 19.0. The van der Waals surface area contributed by atoms with Crippen molar-refractivity contribution >= 4 is 17.8 Å². The quantitative estimate of drug-likeness (QED) is 0.558. The van der Waals surface area contributed by atoms with E-state index in [1.54, 1.807) is 42.5 Å². The van der Waals surface area contributed by atoms with Crippen molar-refractivity contribution in [3.8, 4) is 5.75 Å². The predicted octanol–water partition coefficient (Wildman–Crippen LogP) is 1.32. The largest absolute Gasteiger partial charge is 0.508 e. The van der Waals surface area contributed by atoms with E-state index in [-0.39, 0.29) is 12.2 Å². The molecule has 136 valence electrons. The van der Waals surface area contributed by atoms with E-state index in [1.165, 1.54) is 19.1 Å². The second-order valence-electron chi connectivity index (χ2n) is 5.83. The minimum absolute atomic E-state index is 0.0857. The number of carbonyl (C=O) groups is 3. The number of carboxylic acids is 1. The van der Waals surface area contributed by atoms with Crippen LogP contribution in [0.15, 0.2) is 54.6 Å². The first-order valence-electron chi connectivity index (χ1n) is 8.04. The van der Waals surface area contributed by atoms with Gasteiger partial charge in [-0.25, -0.2) is 0 Å². The molecule has 0 bridgehead atoms. The Morgan fingerprint density at radius 2 is 1.58 bits per heavy atom. The topological polar surface area (TPSA) is 116 Å². The lowest BCUT2D eigenvalue weighted by molar-refractivity contribution is -0.141. The Labute approximate surface area is 150 Å². The Morgan fingerprint density at radius 1 is 0.962 bits per heavy atom. The summed E-state index contributed by atoms with van der Waals surface area (Å²) in [7, 11) is 0. The van der Waals surface area contributed by atoms with Crippen LogP contribution in [0.25, 0.3) is 0 Å². The van der Waals surface area contributed by atoms with Crippen LogP contribution in [0.3, 0.4) is 0 Å². The zero-order valence-electron chi connectivity index (χ0n) is 14.2. The van der Waals surface area contributed by atoms with E-state index in [4.69, 9.17) is 5.11 Å². The van der Waals surface area contributed by atoms with Crippen LogP contribution in [0, 0.1) is 0 Å². The third-order valence-corrected chi connectivity index (χ3v) is 3.76. The second kappa shape index (κ2) is 8.66. The molecule has 7 heteroatoms. The van der Waals surface area contributed by atoms with Gasteiger partial charge in [0.1, 0.15) is 17.8 Å². The van der Waals surface area contributed by atoms with E-state index < -0.39 is 29.9 Å². The lowest BCUT2D eigenvalue weighted by atomic mass is 10.0. The van der Waals surface area contributed by atoms with E-state index in [9.17, 15) is 19.5 Å². The number of carbonyl (C=O) groups excluding carboxylic acids is 2. The summed E-state index contributed by atoms with van der Waals surface area (Å²) < 4.78 is 0. The fraction of sp³-hybridized carbons (Fsp3) is 0.211. The van der Waals surface area contributed by atoms with Crippen molar-refractivity contribution in [1.82, 2.24) is 10.6 Å². The maximum Gasteiger partial charge on any atom is 0.325 e. The van der Waals surface area contributed by atoms with Gasteiger partial charge < -0.3 is 20.8 Å². The van der Waals surface area contributed by atoms with Crippen LogP contribution in [-0.4, -0.2) is 40.1 Å². The van der Waals surface area contributed by atoms with Gasteiger partial charge in [0.25, 0.3) is 5.91 Å². The standard InChI is InChI=1S/C19H20N2O5/c1-12(19(25)26)20-18(24)16(11-13-7-9-15(22)10-8-13)21-17(23)14-5-3-2-4-6-14/h2-10,12,16,22H,11H2,1H3,(H,20,24)(H,21,23)(H,25,26)/t12?,16-/m0/s1/i19+1. The molecule has 4 N–H and O–H groups in total. The minimum Gasteiger partial charge on any atom is -0.508 e. The van der Waals surface area contributed by atoms with Crippen LogP contribution in [0.4, 0.5) is 0 Å². The number of amides is 2. The predicted molar refractivity (Wildman–Crippen MR) is 94.7 cm³/mol. The number of phenols is 1. The van der Waals surface area contributed by atoms with Crippen LogP contribution >= 0.6 is 0 Å². The van der Waals surface area contributed by atoms with Crippen molar-refractivity contribution in [3.05, 3.63) is 65.7 Å². The van der Waals surface area contributed by atoms with Crippen molar-refractivity contribution in [2.75, 3.05) is 0 Å². The molecule has 1 unspecified atom stereocenters. The van der Waals surface area contributed by atoms with Crippen LogP contribution in [0.2, 0.25) is 0 Å². The molecule has 0 heterocycles. The Morgan fingerprint density at radius 3 is 2.15 bits per heavy atom. The Bertz CT molecular complexity index is 774. The summed E-state index contributed by atoms with van der Waals surface area (Å²) in [6.07, 6.45) is 0.150. The molecule has 0 aliphatic rings. The molecule has 2 atom stereocenters. The number of hydrogen-bond acceptors (Lipinski definition) is 4. The zero-order chi connectivity index (χ0) is 19.1. The second-order valence-corrected chi connectivity index (χ2v) is 5.83. The SMILES string of the molecule is CC(NC(=O)[C@H](Cc1ccc(O)cc1)NC(=O)c1ccccc1)[13C](=O)O. The molecule has 0 aromatic heterocycles. The molecule has 0 aliphatic heterocycles. The van der Waals surface area contributed by atoms with Crippen molar-refractivity contribution in [1.29, 1.82) is 0 Å². The van der Waals surface area contributed by atoms with E-state index in [0.29, 0.717) is 11.1 Å². The highest BCUT2D eigenvalue weighted by Crippen LogP contribution is 2.12. The zero-order valence-corrected chi connectivity index (χ0v) is 14.2. The lowest BCUT2D eigenvalue weighted by Crippen LogP contribution is -2.51. The van der Waals surface area contributed by atoms with E-state index in [0.717, 1.165) is 0 Å². The van der Waals surface area contributed by atoms with Gasteiger partial charge in [-0.05, 0) is 36.8 Å². The maximum absolute atomic E-state index is 12.5. The number of hydrogen-bond donors (Lipinski definition) is 4. The van der Waals surface area contributed by atoms with Gasteiger partial charge in [0, 0.05) is 12.0 Å². The minimum atomic E-state index is -1.17. The Kier molecular flexibility index (Phi) is 6.32. The first-order valence-corrected chi connectivity index (χ1v) is 8.04. The highest BCUT2D eigenvalue weighted by molar-refractivity contribution is 5.98. The maximum atomic E-state index is 12.5. The molecule has 2 aromatic carbocycles. The fourth-order valence-corrected chi connectivity index (χ4v) is 2.28. The van der Waals surface area contributed by atoms with Crippen molar-refractivity contribution in [2.45, 2.75) is 25.4 Å². The summed E-state index contributed by atoms with van der Waals surface area (Å²) in [6.45, 7) is 1.34. The average molecular weight is 357 g/mol.